The van der Waals surface area contributed by atoms with E-state index < -0.39 is 6.10 Å². The zero-order chi connectivity index (χ0) is 9.84. The summed E-state index contributed by atoms with van der Waals surface area (Å²) in [5.74, 6) is 0. The molecule has 1 rings (SSSR count). The Labute approximate surface area is 87.1 Å². The Morgan fingerprint density at radius 2 is 2.31 bits per heavy atom. The van der Waals surface area contributed by atoms with Crippen LogP contribution in [0.25, 0.3) is 0 Å². The first-order valence-electron chi connectivity index (χ1n) is 3.90. The minimum Gasteiger partial charge on any atom is -0.387 e. The molecule has 0 aliphatic heterocycles. The number of hydrogen-bond donors (Lipinski definition) is 2. The van der Waals surface area contributed by atoms with Gasteiger partial charge in [0.25, 0.3) is 0 Å². The first-order valence-corrected chi connectivity index (χ1v) is 5.51. The van der Waals surface area contributed by atoms with E-state index in [4.69, 9.17) is 17.3 Å². The van der Waals surface area contributed by atoms with Gasteiger partial charge in [0.15, 0.2) is 0 Å². The average Bonchev–Trinajstić information content (AvgIpc) is 2.17. The molecule has 1 unspecified atom stereocenters. The van der Waals surface area contributed by atoms with Crippen molar-refractivity contribution < 1.29 is 5.11 Å². The minimum absolute atomic E-state index is 0.192. The molecular formula is C9H12ClNOS. The number of thioether (sulfide) groups is 1. The molecule has 0 heterocycles. The standard InChI is InChI=1S/C9H12ClNOS/c1-13-6-2-3-8(10)7(4-6)9(12)5-11/h2-4,9,12H,5,11H2,1H3. The van der Waals surface area contributed by atoms with Gasteiger partial charge in [0, 0.05) is 22.0 Å². The second-order valence-electron chi connectivity index (χ2n) is 2.64. The summed E-state index contributed by atoms with van der Waals surface area (Å²) in [6, 6.07) is 5.56. The number of nitrogens with two attached hydrogens (primary N) is 1. The van der Waals surface area contributed by atoms with Crippen LogP contribution in [0.1, 0.15) is 11.7 Å². The van der Waals surface area contributed by atoms with Crippen LogP contribution in [0.5, 0.6) is 0 Å². The molecule has 0 saturated heterocycles. The quantitative estimate of drug-likeness (QED) is 0.762. The molecule has 4 heteroatoms. The molecule has 2 nitrogen and oxygen atoms in total. The molecule has 0 bridgehead atoms. The summed E-state index contributed by atoms with van der Waals surface area (Å²) < 4.78 is 0. The Balaban J connectivity index is 3.03. The van der Waals surface area contributed by atoms with Crippen molar-refractivity contribution in [3.05, 3.63) is 28.8 Å². The van der Waals surface area contributed by atoms with E-state index in [-0.39, 0.29) is 6.54 Å². The SMILES string of the molecule is CSc1ccc(Cl)c(C(O)CN)c1. The predicted octanol–water partition coefficient (Wildman–Crippen LogP) is 2.05. The lowest BCUT2D eigenvalue weighted by Crippen LogP contribution is -2.11. The molecule has 13 heavy (non-hydrogen) atoms. The third kappa shape index (κ3) is 2.61. The van der Waals surface area contributed by atoms with Gasteiger partial charge in [-0.25, -0.2) is 0 Å². The maximum atomic E-state index is 9.51. The minimum atomic E-state index is -0.667. The average molecular weight is 218 g/mol. The zero-order valence-corrected chi connectivity index (χ0v) is 8.90. The highest BCUT2D eigenvalue weighted by Crippen LogP contribution is 2.27. The van der Waals surface area contributed by atoms with Gasteiger partial charge in [-0.3, -0.25) is 0 Å². The van der Waals surface area contributed by atoms with Crippen molar-refractivity contribution in [3.8, 4) is 0 Å². The molecular weight excluding hydrogens is 206 g/mol. The largest absolute Gasteiger partial charge is 0.387 e. The Bertz CT molecular complexity index is 293. The van der Waals surface area contributed by atoms with Crippen molar-refractivity contribution in [3.63, 3.8) is 0 Å². The molecule has 0 amide bonds. The second-order valence-corrected chi connectivity index (χ2v) is 3.93. The Kier molecular flexibility index (Phi) is 4.06. The fraction of sp³-hybridized carbons (Fsp3) is 0.333. The lowest BCUT2D eigenvalue weighted by Gasteiger charge is -2.11. The molecule has 1 atom stereocenters. The number of benzene rings is 1. The van der Waals surface area contributed by atoms with Gasteiger partial charge in [0.1, 0.15) is 0 Å². The summed E-state index contributed by atoms with van der Waals surface area (Å²) in [6.45, 7) is 0.192. The fourth-order valence-electron chi connectivity index (χ4n) is 1.03. The van der Waals surface area contributed by atoms with E-state index in [1.54, 1.807) is 17.8 Å². The number of rotatable bonds is 3. The van der Waals surface area contributed by atoms with Gasteiger partial charge in [0.05, 0.1) is 6.10 Å². The van der Waals surface area contributed by atoms with Crippen LogP contribution in [0, 0.1) is 0 Å². The van der Waals surface area contributed by atoms with Crippen LogP contribution in [0.15, 0.2) is 23.1 Å². The molecule has 0 spiro atoms. The van der Waals surface area contributed by atoms with Crippen molar-refractivity contribution in [2.24, 2.45) is 5.73 Å². The summed E-state index contributed by atoms with van der Waals surface area (Å²) in [6.07, 6.45) is 1.31. The van der Waals surface area contributed by atoms with Crippen LogP contribution in [0.2, 0.25) is 5.02 Å². The van der Waals surface area contributed by atoms with E-state index in [9.17, 15) is 5.11 Å². The maximum Gasteiger partial charge on any atom is 0.0926 e. The molecule has 0 saturated carbocycles. The number of halogens is 1. The van der Waals surface area contributed by atoms with Crippen LogP contribution in [-0.4, -0.2) is 17.9 Å². The van der Waals surface area contributed by atoms with Gasteiger partial charge >= 0.3 is 0 Å². The van der Waals surface area contributed by atoms with E-state index in [1.807, 2.05) is 18.4 Å². The van der Waals surface area contributed by atoms with Gasteiger partial charge < -0.3 is 10.8 Å². The van der Waals surface area contributed by atoms with Gasteiger partial charge in [-0.05, 0) is 24.5 Å². The number of hydrogen-bond acceptors (Lipinski definition) is 3. The molecule has 0 aliphatic carbocycles. The second kappa shape index (κ2) is 4.86. The van der Waals surface area contributed by atoms with Crippen molar-refractivity contribution in [2.75, 3.05) is 12.8 Å². The fourth-order valence-corrected chi connectivity index (χ4v) is 1.72. The van der Waals surface area contributed by atoms with Crippen molar-refractivity contribution >= 4 is 23.4 Å². The van der Waals surface area contributed by atoms with Gasteiger partial charge in [-0.2, -0.15) is 0 Å². The van der Waals surface area contributed by atoms with Gasteiger partial charge in [-0.1, -0.05) is 11.6 Å². The van der Waals surface area contributed by atoms with Crippen molar-refractivity contribution in [1.82, 2.24) is 0 Å². The molecule has 1 aromatic carbocycles. The molecule has 0 radical (unpaired) electrons. The third-order valence-corrected chi connectivity index (χ3v) is 2.85. The Hall–Kier alpha value is -0.220. The summed E-state index contributed by atoms with van der Waals surface area (Å²) in [5.41, 5.74) is 6.05. The Morgan fingerprint density at radius 1 is 1.62 bits per heavy atom. The predicted molar refractivity (Wildman–Crippen MR) is 57.2 cm³/mol. The highest BCUT2D eigenvalue weighted by molar-refractivity contribution is 7.98. The highest BCUT2D eigenvalue weighted by atomic mass is 35.5. The highest BCUT2D eigenvalue weighted by Gasteiger charge is 2.09. The van der Waals surface area contributed by atoms with Crippen molar-refractivity contribution in [1.29, 1.82) is 0 Å². The molecule has 3 N–H and O–H groups in total. The lowest BCUT2D eigenvalue weighted by molar-refractivity contribution is 0.186. The van der Waals surface area contributed by atoms with E-state index in [0.29, 0.717) is 10.6 Å². The number of aliphatic hydroxyl groups excluding tert-OH is 1. The molecule has 72 valence electrons. The van der Waals surface area contributed by atoms with Crippen LogP contribution in [0.4, 0.5) is 0 Å². The van der Waals surface area contributed by atoms with E-state index in [2.05, 4.69) is 0 Å². The molecule has 0 fully saturated rings. The summed E-state index contributed by atoms with van der Waals surface area (Å²) in [4.78, 5) is 1.08. The van der Waals surface area contributed by atoms with E-state index in [1.165, 1.54) is 0 Å². The first kappa shape index (κ1) is 10.9. The lowest BCUT2D eigenvalue weighted by atomic mass is 10.1. The first-order chi connectivity index (χ1) is 6.19. The normalized spacial score (nSPS) is 12.9. The third-order valence-electron chi connectivity index (χ3n) is 1.79. The van der Waals surface area contributed by atoms with Crippen LogP contribution in [-0.2, 0) is 0 Å². The zero-order valence-electron chi connectivity index (χ0n) is 7.33. The smallest absolute Gasteiger partial charge is 0.0926 e. The van der Waals surface area contributed by atoms with Gasteiger partial charge in [-0.15, -0.1) is 11.8 Å². The maximum absolute atomic E-state index is 9.51. The van der Waals surface area contributed by atoms with Gasteiger partial charge in [0.2, 0.25) is 0 Å². The molecule has 0 aromatic heterocycles. The topological polar surface area (TPSA) is 46.2 Å². The summed E-state index contributed by atoms with van der Waals surface area (Å²) in [7, 11) is 0. The molecule has 1 aromatic rings. The summed E-state index contributed by atoms with van der Waals surface area (Å²) >= 11 is 7.51. The summed E-state index contributed by atoms with van der Waals surface area (Å²) in [5, 5.41) is 10.1. The molecule has 0 aliphatic rings. The van der Waals surface area contributed by atoms with Crippen LogP contribution >= 0.6 is 23.4 Å². The van der Waals surface area contributed by atoms with Crippen LogP contribution in [0.3, 0.4) is 0 Å². The number of aliphatic hydroxyl groups is 1. The van der Waals surface area contributed by atoms with Crippen molar-refractivity contribution in [2.45, 2.75) is 11.0 Å². The van der Waals surface area contributed by atoms with Crippen LogP contribution < -0.4 is 5.73 Å². The Morgan fingerprint density at radius 3 is 2.85 bits per heavy atom. The monoisotopic (exact) mass is 217 g/mol. The van der Waals surface area contributed by atoms with E-state index >= 15 is 0 Å². The van der Waals surface area contributed by atoms with E-state index in [0.717, 1.165) is 4.90 Å².